The molecule has 0 saturated carbocycles. The van der Waals surface area contributed by atoms with Crippen LogP contribution in [-0.4, -0.2) is 7.05 Å². The van der Waals surface area contributed by atoms with Crippen LogP contribution in [0.5, 0.6) is 0 Å². The van der Waals surface area contributed by atoms with Gasteiger partial charge >= 0.3 is 0 Å². The molecule has 0 aromatic heterocycles. The summed E-state index contributed by atoms with van der Waals surface area (Å²) in [5.41, 5.74) is 8.01. The number of rotatable bonds is 10. The first kappa shape index (κ1) is 31.6. The van der Waals surface area contributed by atoms with Crippen LogP contribution in [0.3, 0.4) is 0 Å². The molecular formula is C38H49N. The summed E-state index contributed by atoms with van der Waals surface area (Å²) >= 11 is 0. The van der Waals surface area contributed by atoms with E-state index in [-0.39, 0.29) is 10.8 Å². The van der Waals surface area contributed by atoms with Gasteiger partial charge in [-0.2, -0.15) is 0 Å². The Morgan fingerprint density at radius 3 is 1.85 bits per heavy atom. The zero-order valence-corrected chi connectivity index (χ0v) is 25.5. The number of nitrogens with zero attached hydrogens (tertiary/aromatic N) is 1. The molecule has 3 aromatic rings. The summed E-state index contributed by atoms with van der Waals surface area (Å²) in [5, 5.41) is 0. The van der Waals surface area contributed by atoms with Crippen molar-refractivity contribution in [3.05, 3.63) is 133 Å². The Labute approximate surface area is 239 Å². The Bertz CT molecular complexity index is 1200. The average Bonchev–Trinajstić information content (AvgIpc) is 2.97. The van der Waals surface area contributed by atoms with Gasteiger partial charge in [0.05, 0.1) is 0 Å². The molecule has 0 saturated heterocycles. The molecule has 0 N–H and O–H groups in total. The van der Waals surface area contributed by atoms with Crippen molar-refractivity contribution in [2.45, 2.75) is 66.7 Å². The maximum Gasteiger partial charge on any atom is 0.0408 e. The van der Waals surface area contributed by atoms with Gasteiger partial charge in [-0.1, -0.05) is 139 Å². The minimum atomic E-state index is 0.181. The predicted octanol–water partition coefficient (Wildman–Crippen LogP) is 11.4. The molecule has 0 aliphatic rings. The second kappa shape index (κ2) is 15.1. The molecule has 0 spiro atoms. The quantitative estimate of drug-likeness (QED) is 0.241. The van der Waals surface area contributed by atoms with Gasteiger partial charge in [-0.05, 0) is 77.1 Å². The van der Waals surface area contributed by atoms with E-state index in [1.807, 2.05) is 24.3 Å². The Kier molecular flexibility index (Phi) is 12.3. The summed E-state index contributed by atoms with van der Waals surface area (Å²) in [6.07, 6.45) is 15.0. The topological polar surface area (TPSA) is 3.24 Å². The monoisotopic (exact) mass is 519 g/mol. The van der Waals surface area contributed by atoms with E-state index in [0.29, 0.717) is 0 Å². The lowest BCUT2D eigenvalue weighted by Gasteiger charge is -2.25. The maximum atomic E-state index is 3.80. The molecule has 0 amide bonds. The van der Waals surface area contributed by atoms with Crippen molar-refractivity contribution in [3.8, 4) is 0 Å². The van der Waals surface area contributed by atoms with Crippen molar-refractivity contribution in [1.82, 2.24) is 0 Å². The highest BCUT2D eigenvalue weighted by Crippen LogP contribution is 2.33. The SMILES string of the molecule is C=C/C=C\C(=C/C)c1cc(C(C)(C)CC)ccc1/C=C/C(C)(C)CC.CN(c1ccccc1)c1ccccc1. The van der Waals surface area contributed by atoms with Crippen LogP contribution in [0.15, 0.2) is 116 Å². The highest BCUT2D eigenvalue weighted by Gasteiger charge is 2.20. The number of hydrogen-bond donors (Lipinski definition) is 0. The summed E-state index contributed by atoms with van der Waals surface area (Å²) < 4.78 is 0. The maximum absolute atomic E-state index is 3.80. The van der Waals surface area contributed by atoms with Crippen molar-refractivity contribution in [2.24, 2.45) is 5.41 Å². The van der Waals surface area contributed by atoms with Crippen LogP contribution in [-0.2, 0) is 5.41 Å². The average molecular weight is 520 g/mol. The Morgan fingerprint density at radius 2 is 1.38 bits per heavy atom. The third-order valence-electron chi connectivity index (χ3n) is 7.66. The molecule has 39 heavy (non-hydrogen) atoms. The molecule has 0 unspecified atom stereocenters. The molecule has 1 heteroatoms. The normalized spacial score (nSPS) is 12.4. The van der Waals surface area contributed by atoms with Gasteiger partial charge in [0.1, 0.15) is 0 Å². The van der Waals surface area contributed by atoms with E-state index < -0.39 is 0 Å². The Morgan fingerprint density at radius 1 is 0.821 bits per heavy atom. The van der Waals surface area contributed by atoms with Crippen molar-refractivity contribution >= 4 is 23.0 Å². The summed E-state index contributed by atoms with van der Waals surface area (Å²) in [6, 6.07) is 27.6. The van der Waals surface area contributed by atoms with Gasteiger partial charge in [-0.3, -0.25) is 0 Å². The number of para-hydroxylation sites is 2. The molecule has 0 heterocycles. The van der Waals surface area contributed by atoms with Crippen molar-refractivity contribution in [1.29, 1.82) is 0 Å². The van der Waals surface area contributed by atoms with Gasteiger partial charge in [0, 0.05) is 18.4 Å². The van der Waals surface area contributed by atoms with E-state index >= 15 is 0 Å². The first-order chi connectivity index (χ1) is 18.6. The highest BCUT2D eigenvalue weighted by molar-refractivity contribution is 5.81. The van der Waals surface area contributed by atoms with Crippen LogP contribution >= 0.6 is 0 Å². The van der Waals surface area contributed by atoms with E-state index in [4.69, 9.17) is 0 Å². The van der Waals surface area contributed by atoms with Crippen LogP contribution in [0.25, 0.3) is 11.6 Å². The van der Waals surface area contributed by atoms with Gasteiger partial charge in [-0.25, -0.2) is 0 Å². The van der Waals surface area contributed by atoms with Crippen LogP contribution < -0.4 is 4.90 Å². The molecule has 0 fully saturated rings. The van der Waals surface area contributed by atoms with Crippen molar-refractivity contribution < 1.29 is 0 Å². The third-order valence-corrected chi connectivity index (χ3v) is 7.66. The molecule has 3 aromatic carbocycles. The van der Waals surface area contributed by atoms with E-state index in [1.54, 1.807) is 0 Å². The molecular weight excluding hydrogens is 470 g/mol. The number of anilines is 2. The minimum Gasteiger partial charge on any atom is -0.345 e. The summed E-state index contributed by atoms with van der Waals surface area (Å²) in [4.78, 5) is 2.17. The number of allylic oxidation sites excluding steroid dienone is 6. The lowest BCUT2D eigenvalue weighted by molar-refractivity contribution is 0.464. The lowest BCUT2D eigenvalue weighted by atomic mass is 9.80. The van der Waals surface area contributed by atoms with Crippen molar-refractivity contribution in [3.63, 3.8) is 0 Å². The zero-order valence-electron chi connectivity index (χ0n) is 25.5. The molecule has 0 aliphatic heterocycles. The van der Waals surface area contributed by atoms with E-state index in [1.165, 1.54) is 33.6 Å². The first-order valence-corrected chi connectivity index (χ1v) is 14.2. The van der Waals surface area contributed by atoms with E-state index in [2.05, 4.69) is 158 Å². The fraction of sp³-hybridized carbons (Fsp3) is 0.316. The number of benzene rings is 3. The second-order valence-corrected chi connectivity index (χ2v) is 11.3. The van der Waals surface area contributed by atoms with Crippen LogP contribution in [0.1, 0.15) is 78.0 Å². The Balaban J connectivity index is 0.000000318. The summed E-state index contributed by atoms with van der Waals surface area (Å²) in [5.74, 6) is 0. The van der Waals surface area contributed by atoms with Crippen LogP contribution in [0.2, 0.25) is 0 Å². The molecule has 0 aliphatic carbocycles. The van der Waals surface area contributed by atoms with Crippen molar-refractivity contribution in [2.75, 3.05) is 11.9 Å². The first-order valence-electron chi connectivity index (χ1n) is 14.2. The van der Waals surface area contributed by atoms with Crippen LogP contribution in [0, 0.1) is 5.41 Å². The van der Waals surface area contributed by atoms with Gasteiger partial charge in [-0.15, -0.1) is 0 Å². The van der Waals surface area contributed by atoms with Gasteiger partial charge in [0.2, 0.25) is 0 Å². The fourth-order valence-corrected chi connectivity index (χ4v) is 3.98. The largest absolute Gasteiger partial charge is 0.345 e. The van der Waals surface area contributed by atoms with Gasteiger partial charge in [0.25, 0.3) is 0 Å². The highest BCUT2D eigenvalue weighted by atomic mass is 15.1. The standard InChI is InChI=1S/C25H36.C13H13N/c1-9-13-14-20(10-2)23-19-22(25(7,8)12-4)16-15-21(23)17-18-24(5,6)11-3;1-14(12-8-4-2-5-9-12)13-10-6-3-7-11-13/h9-10,13-19H,1,11-12H2,2-8H3;2-11H,1H3/b14-13-,18-17+,20-10+;. The second-order valence-electron chi connectivity index (χ2n) is 11.3. The molecule has 3 rings (SSSR count). The zero-order chi connectivity index (χ0) is 28.9. The van der Waals surface area contributed by atoms with Gasteiger partial charge in [0.15, 0.2) is 0 Å². The summed E-state index contributed by atoms with van der Waals surface area (Å²) in [7, 11) is 2.07. The molecule has 0 atom stereocenters. The molecule has 206 valence electrons. The third kappa shape index (κ3) is 9.59. The van der Waals surface area contributed by atoms with Crippen LogP contribution in [0.4, 0.5) is 11.4 Å². The molecule has 1 nitrogen and oxygen atoms in total. The molecule has 0 bridgehead atoms. The fourth-order valence-electron chi connectivity index (χ4n) is 3.98. The van der Waals surface area contributed by atoms with E-state index in [9.17, 15) is 0 Å². The molecule has 0 radical (unpaired) electrons. The Hall–Kier alpha value is -3.58. The summed E-state index contributed by atoms with van der Waals surface area (Å²) in [6.45, 7) is 19.6. The lowest BCUT2D eigenvalue weighted by Crippen LogP contribution is -2.15. The minimum absolute atomic E-state index is 0.181. The number of hydrogen-bond acceptors (Lipinski definition) is 1. The smallest absolute Gasteiger partial charge is 0.0408 e. The van der Waals surface area contributed by atoms with E-state index in [0.717, 1.165) is 12.8 Å². The predicted molar refractivity (Wildman–Crippen MR) is 177 cm³/mol. The van der Waals surface area contributed by atoms with Gasteiger partial charge < -0.3 is 4.90 Å².